The van der Waals surface area contributed by atoms with Crippen molar-refractivity contribution in [2.24, 2.45) is 11.5 Å². The summed E-state index contributed by atoms with van der Waals surface area (Å²) in [5.74, 6) is 0. The number of aromatic nitrogens is 1. The molecule has 0 radical (unpaired) electrons. The molecule has 0 saturated heterocycles. The fraction of sp³-hybridized carbons (Fsp3) is 0.667. The van der Waals surface area contributed by atoms with Crippen LogP contribution in [0.2, 0.25) is 0 Å². The summed E-state index contributed by atoms with van der Waals surface area (Å²) >= 11 is 0. The minimum absolute atomic E-state index is 1.07. The predicted molar refractivity (Wildman–Crippen MR) is 107 cm³/mol. The maximum Gasteiger partial charge on any atom is 0.173 e. The van der Waals surface area contributed by atoms with E-state index in [2.05, 4.69) is 54.4 Å². The number of hydrogen-bond acceptors (Lipinski definition) is 4. The van der Waals surface area contributed by atoms with Crippen LogP contribution in [-0.2, 0) is 13.0 Å². The zero-order valence-electron chi connectivity index (χ0n) is 16.8. The van der Waals surface area contributed by atoms with E-state index in [4.69, 9.17) is 10.5 Å². The van der Waals surface area contributed by atoms with Gasteiger partial charge in [-0.3, -0.25) is 0 Å². The zero-order chi connectivity index (χ0) is 19.9. The number of rotatable bonds is 12. The Hall–Kier alpha value is -2.27. The number of nitrogens with two attached hydrogens (primary N) is 2. The van der Waals surface area contributed by atoms with Crippen molar-refractivity contribution in [2.75, 3.05) is 0 Å². The maximum atomic E-state index is 7.10. The van der Waals surface area contributed by atoms with Crippen LogP contribution >= 0.6 is 0 Å². The van der Waals surface area contributed by atoms with Gasteiger partial charge in [-0.25, -0.2) is 4.57 Å². The molecule has 5 nitrogen and oxygen atoms in total. The van der Waals surface area contributed by atoms with Crippen molar-refractivity contribution in [3.8, 4) is 12.4 Å². The second kappa shape index (κ2) is 22.7. The average molecular weight is 361 g/mol. The lowest BCUT2D eigenvalue weighted by Gasteiger charge is -2.03. The molecule has 1 rings (SSSR count). The van der Waals surface area contributed by atoms with E-state index < -0.39 is 0 Å². The molecule has 26 heavy (non-hydrogen) atoms. The summed E-state index contributed by atoms with van der Waals surface area (Å²) < 4.78 is 2.22. The molecular weight excluding hydrogens is 322 g/mol. The third-order valence-corrected chi connectivity index (χ3v) is 4.14. The normalized spacial score (nSPS) is 8.92. The van der Waals surface area contributed by atoms with Gasteiger partial charge in [-0.15, -0.1) is 0 Å². The first kappa shape index (κ1) is 26.0. The van der Waals surface area contributed by atoms with Crippen LogP contribution in [-0.4, -0.2) is 0 Å². The van der Waals surface area contributed by atoms with Gasteiger partial charge in [-0.2, -0.15) is 10.5 Å². The molecule has 0 atom stereocenters. The number of aryl methyl sites for hydroxylation is 2. The second-order valence-corrected chi connectivity index (χ2v) is 6.23. The fourth-order valence-electron chi connectivity index (χ4n) is 2.68. The molecule has 0 aliphatic rings. The van der Waals surface area contributed by atoms with Gasteiger partial charge in [0.1, 0.15) is 6.54 Å². The lowest BCUT2D eigenvalue weighted by atomic mass is 10.0. The molecular formula is C21H38N5+. The van der Waals surface area contributed by atoms with E-state index in [1.807, 2.05) is 0 Å². The van der Waals surface area contributed by atoms with E-state index in [1.165, 1.54) is 88.6 Å². The first-order valence-corrected chi connectivity index (χ1v) is 9.87. The average Bonchev–Trinajstić information content (AvgIpc) is 2.65. The Balaban J connectivity index is 0. The fourth-order valence-corrected chi connectivity index (χ4v) is 2.68. The quantitative estimate of drug-likeness (QED) is 0.251. The van der Waals surface area contributed by atoms with Gasteiger partial charge in [0.25, 0.3) is 0 Å². The molecule has 0 fully saturated rings. The van der Waals surface area contributed by atoms with Crippen LogP contribution < -0.4 is 16.0 Å². The first-order chi connectivity index (χ1) is 12.7. The topological polar surface area (TPSA) is 103 Å². The van der Waals surface area contributed by atoms with Crippen LogP contribution in [0.3, 0.4) is 0 Å². The van der Waals surface area contributed by atoms with Gasteiger partial charge < -0.3 is 11.5 Å². The van der Waals surface area contributed by atoms with Crippen LogP contribution in [0.4, 0.5) is 0 Å². The van der Waals surface area contributed by atoms with Crippen LogP contribution in [0.25, 0.3) is 0 Å². The molecule has 0 aliphatic carbocycles. The Kier molecular flexibility index (Phi) is 22.7. The number of hydrogen-bond donors (Lipinski definition) is 2. The molecule has 4 N–H and O–H groups in total. The number of unbranched alkanes of at least 4 members (excludes halogenated alkanes) is 9. The molecule has 0 spiro atoms. The smallest absolute Gasteiger partial charge is 0.173 e. The largest absolute Gasteiger partial charge is 0.337 e. The van der Waals surface area contributed by atoms with E-state index in [-0.39, 0.29) is 0 Å². The van der Waals surface area contributed by atoms with Crippen molar-refractivity contribution in [2.45, 2.75) is 91.0 Å². The highest BCUT2D eigenvalue weighted by atomic mass is 14.9. The first-order valence-electron chi connectivity index (χ1n) is 9.87. The van der Waals surface area contributed by atoms with Crippen LogP contribution in [0.1, 0.15) is 83.6 Å². The Morgan fingerprint density at radius 3 is 1.54 bits per heavy atom. The maximum absolute atomic E-state index is 7.10. The van der Waals surface area contributed by atoms with Crippen molar-refractivity contribution in [3.63, 3.8) is 0 Å². The van der Waals surface area contributed by atoms with E-state index >= 15 is 0 Å². The third-order valence-electron chi connectivity index (χ3n) is 4.14. The van der Waals surface area contributed by atoms with Crippen LogP contribution in [0.5, 0.6) is 0 Å². The number of nitriles is 2. The highest BCUT2D eigenvalue weighted by Crippen LogP contribution is 2.11. The van der Waals surface area contributed by atoms with Gasteiger partial charge in [-0.1, -0.05) is 64.7 Å². The molecule has 0 aliphatic heterocycles. The Bertz CT molecular complexity index is 459. The van der Waals surface area contributed by atoms with Gasteiger partial charge >= 0.3 is 0 Å². The highest BCUT2D eigenvalue weighted by molar-refractivity contribution is 5.07. The van der Waals surface area contributed by atoms with Gasteiger partial charge in [-0.05, 0) is 25.3 Å². The van der Waals surface area contributed by atoms with Gasteiger partial charge in [0.2, 0.25) is 0 Å². The molecule has 0 aromatic carbocycles. The lowest BCUT2D eigenvalue weighted by Crippen LogP contribution is -2.30. The molecule has 0 amide bonds. The van der Waals surface area contributed by atoms with Crippen molar-refractivity contribution in [1.82, 2.24) is 0 Å². The molecule has 1 aromatic rings. The molecule has 5 heteroatoms. The summed E-state index contributed by atoms with van der Waals surface area (Å²) in [7, 11) is 0. The Labute approximate surface area is 160 Å². The highest BCUT2D eigenvalue weighted by Gasteiger charge is 1.98. The summed E-state index contributed by atoms with van der Waals surface area (Å²) in [4.78, 5) is 0. The van der Waals surface area contributed by atoms with Crippen molar-refractivity contribution in [3.05, 3.63) is 30.1 Å². The van der Waals surface area contributed by atoms with Gasteiger partial charge in [0, 0.05) is 12.1 Å². The molecule has 0 bridgehead atoms. The standard InChI is InChI=1S/C19H34N.2CH2N2/c1-3-5-6-7-8-9-10-11-12-13-14-19-15-17-20(4-2)18-16-19;2*2-1-3/h15-18H,3-14H2,1-2H3;2*2H2/q+1;;. The van der Waals surface area contributed by atoms with Crippen LogP contribution in [0, 0.1) is 22.9 Å². The Morgan fingerprint density at radius 1 is 0.769 bits per heavy atom. The van der Waals surface area contributed by atoms with Crippen LogP contribution in [0.15, 0.2) is 24.5 Å². The molecule has 0 unspecified atom stereocenters. The number of nitrogens with zero attached hydrogens (tertiary/aromatic N) is 3. The molecule has 1 heterocycles. The molecule has 0 saturated carbocycles. The van der Waals surface area contributed by atoms with E-state index in [0.717, 1.165) is 6.54 Å². The monoisotopic (exact) mass is 360 g/mol. The molecule has 146 valence electrons. The SMILES string of the molecule is CCCCCCCCCCCCc1cc[n+](CC)cc1.N#CN.N#CN. The summed E-state index contributed by atoms with van der Waals surface area (Å²) in [6.45, 7) is 5.54. The van der Waals surface area contributed by atoms with Crippen molar-refractivity contribution >= 4 is 0 Å². The summed E-state index contributed by atoms with van der Waals surface area (Å²) in [5.41, 5.74) is 9.80. The summed E-state index contributed by atoms with van der Waals surface area (Å²) in [5, 5.41) is 14.2. The minimum Gasteiger partial charge on any atom is -0.337 e. The lowest BCUT2D eigenvalue weighted by molar-refractivity contribution is -0.693. The predicted octanol–water partition coefficient (Wildman–Crippen LogP) is 4.31. The van der Waals surface area contributed by atoms with E-state index in [9.17, 15) is 0 Å². The number of pyridine rings is 1. The zero-order valence-corrected chi connectivity index (χ0v) is 16.8. The van der Waals surface area contributed by atoms with Gasteiger partial charge in [0.15, 0.2) is 24.8 Å². The van der Waals surface area contributed by atoms with E-state index in [0.29, 0.717) is 0 Å². The van der Waals surface area contributed by atoms with Gasteiger partial charge in [0.05, 0.1) is 0 Å². The minimum atomic E-state index is 1.07. The summed E-state index contributed by atoms with van der Waals surface area (Å²) in [6, 6.07) is 4.55. The van der Waals surface area contributed by atoms with E-state index in [1.54, 1.807) is 0 Å². The van der Waals surface area contributed by atoms with Crippen molar-refractivity contribution in [1.29, 1.82) is 10.5 Å². The molecule has 1 aromatic heterocycles. The summed E-state index contributed by atoms with van der Waals surface area (Å²) in [6.07, 6.45) is 22.4. The Morgan fingerprint density at radius 2 is 1.15 bits per heavy atom. The second-order valence-electron chi connectivity index (χ2n) is 6.23. The third kappa shape index (κ3) is 19.8. The van der Waals surface area contributed by atoms with Crippen molar-refractivity contribution < 1.29 is 4.57 Å².